The highest BCUT2D eigenvalue weighted by molar-refractivity contribution is 6.01. The molecule has 1 aromatic heterocycles. The Morgan fingerprint density at radius 1 is 0.929 bits per heavy atom. The zero-order chi connectivity index (χ0) is 19.9. The van der Waals surface area contributed by atoms with E-state index in [0.717, 1.165) is 5.56 Å². The lowest BCUT2D eigenvalue weighted by atomic mass is 10.0. The van der Waals surface area contributed by atoms with Crippen molar-refractivity contribution in [1.82, 2.24) is 4.98 Å². The summed E-state index contributed by atoms with van der Waals surface area (Å²) in [6.07, 6.45) is 1.81. The molecule has 0 aliphatic carbocycles. The van der Waals surface area contributed by atoms with Crippen molar-refractivity contribution in [1.29, 1.82) is 0 Å². The van der Waals surface area contributed by atoms with Crippen LogP contribution in [-0.2, 0) is 11.3 Å². The van der Waals surface area contributed by atoms with Gasteiger partial charge in [-0.1, -0.05) is 48.0 Å². The van der Waals surface area contributed by atoms with Gasteiger partial charge in [0.25, 0.3) is 0 Å². The van der Waals surface area contributed by atoms with Crippen LogP contribution >= 0.6 is 0 Å². The van der Waals surface area contributed by atoms with Crippen molar-refractivity contribution >= 4 is 17.4 Å². The number of para-hydroxylation sites is 2. The number of pyridine rings is 1. The van der Waals surface area contributed by atoms with Crippen LogP contribution in [0.25, 0.3) is 0 Å². The molecular weight excluding hydrogens is 352 g/mol. The van der Waals surface area contributed by atoms with Gasteiger partial charge in [0.05, 0.1) is 17.9 Å². The maximum atomic E-state index is 12.9. The lowest BCUT2D eigenvalue weighted by Gasteiger charge is -2.23. The number of phenols is 1. The Balaban J connectivity index is 1.75. The second kappa shape index (κ2) is 8.95. The van der Waals surface area contributed by atoms with Gasteiger partial charge in [-0.25, -0.2) is 0 Å². The summed E-state index contributed by atoms with van der Waals surface area (Å²) in [5, 5.41) is 10.2. The molecule has 0 spiro atoms. The Morgan fingerprint density at radius 3 is 2.32 bits per heavy atom. The predicted molar refractivity (Wildman–Crippen MR) is 108 cm³/mol. The molecule has 28 heavy (non-hydrogen) atoms. The molecule has 5 nitrogen and oxygen atoms in total. The van der Waals surface area contributed by atoms with Crippen molar-refractivity contribution in [3.63, 3.8) is 0 Å². The van der Waals surface area contributed by atoms with Gasteiger partial charge in [0, 0.05) is 24.6 Å². The zero-order valence-electron chi connectivity index (χ0n) is 15.7. The van der Waals surface area contributed by atoms with Crippen molar-refractivity contribution in [3.05, 3.63) is 89.7 Å². The first-order chi connectivity index (χ1) is 13.5. The van der Waals surface area contributed by atoms with E-state index < -0.39 is 0 Å². The lowest BCUT2D eigenvalue weighted by molar-refractivity contribution is -0.118. The number of aromatic hydroxyl groups is 1. The molecule has 3 rings (SSSR count). The maximum Gasteiger partial charge on any atom is 0.227 e. The fraction of sp³-hybridized carbons (Fsp3) is 0.174. The quantitative estimate of drug-likeness (QED) is 0.626. The smallest absolute Gasteiger partial charge is 0.227 e. The van der Waals surface area contributed by atoms with Crippen LogP contribution in [0.1, 0.15) is 34.5 Å². The molecule has 2 aromatic carbocycles. The summed E-state index contributed by atoms with van der Waals surface area (Å²) in [5.74, 6) is -0.312. The van der Waals surface area contributed by atoms with Crippen LogP contribution in [0.2, 0.25) is 0 Å². The number of carbonyl (C=O) groups excluding carboxylic acids is 2. The van der Waals surface area contributed by atoms with Crippen molar-refractivity contribution in [2.24, 2.45) is 0 Å². The van der Waals surface area contributed by atoms with E-state index in [2.05, 4.69) is 4.98 Å². The van der Waals surface area contributed by atoms with Crippen LogP contribution in [0.5, 0.6) is 5.75 Å². The number of hydrogen-bond donors (Lipinski definition) is 1. The van der Waals surface area contributed by atoms with Gasteiger partial charge in [0.2, 0.25) is 5.91 Å². The first-order valence-corrected chi connectivity index (χ1v) is 9.13. The molecule has 142 valence electrons. The molecule has 0 unspecified atom stereocenters. The van der Waals surface area contributed by atoms with Crippen LogP contribution in [0.4, 0.5) is 5.69 Å². The summed E-state index contributed by atoms with van der Waals surface area (Å²) < 4.78 is 0. The normalized spacial score (nSPS) is 10.5. The number of hydrogen-bond acceptors (Lipinski definition) is 4. The molecule has 0 atom stereocenters. The standard InChI is InChI=1S/C23H22N2O3/c1-17-9-11-18(12-10-17)21(26)13-14-23(28)25(16-19-6-4-5-15-24-19)20-7-2-3-8-22(20)27/h2-12,15,27H,13-14,16H2,1H3. The van der Waals surface area contributed by atoms with Gasteiger partial charge in [-0.2, -0.15) is 0 Å². The van der Waals surface area contributed by atoms with E-state index in [1.165, 1.54) is 11.0 Å². The van der Waals surface area contributed by atoms with E-state index in [-0.39, 0.29) is 36.8 Å². The van der Waals surface area contributed by atoms with Gasteiger partial charge in [-0.05, 0) is 31.2 Å². The number of phenolic OH excluding ortho intramolecular Hbond substituents is 1. The molecule has 1 amide bonds. The fourth-order valence-corrected chi connectivity index (χ4v) is 2.89. The van der Waals surface area contributed by atoms with Crippen LogP contribution in [0.3, 0.4) is 0 Å². The summed E-state index contributed by atoms with van der Waals surface area (Å²) in [5.41, 5.74) is 2.77. The molecule has 5 heteroatoms. The lowest BCUT2D eigenvalue weighted by Crippen LogP contribution is -2.31. The molecule has 0 saturated carbocycles. The highest BCUT2D eigenvalue weighted by atomic mass is 16.3. The van der Waals surface area contributed by atoms with Crippen LogP contribution in [0, 0.1) is 6.92 Å². The summed E-state index contributed by atoms with van der Waals surface area (Å²) in [4.78, 5) is 31.1. The molecule has 0 radical (unpaired) electrons. The minimum absolute atomic E-state index is 0.0108. The average Bonchev–Trinajstić information content (AvgIpc) is 2.72. The number of aryl methyl sites for hydroxylation is 1. The molecule has 3 aromatic rings. The van der Waals surface area contributed by atoms with Crippen molar-refractivity contribution in [2.45, 2.75) is 26.3 Å². The number of rotatable bonds is 7. The first-order valence-electron chi connectivity index (χ1n) is 9.13. The van der Waals surface area contributed by atoms with E-state index in [0.29, 0.717) is 16.9 Å². The van der Waals surface area contributed by atoms with Crippen molar-refractivity contribution in [3.8, 4) is 5.75 Å². The Hall–Kier alpha value is -3.47. The van der Waals surface area contributed by atoms with E-state index in [9.17, 15) is 14.7 Å². The first kappa shape index (κ1) is 19.3. The second-order valence-electron chi connectivity index (χ2n) is 6.58. The highest BCUT2D eigenvalue weighted by Crippen LogP contribution is 2.28. The summed E-state index contributed by atoms with van der Waals surface area (Å²) in [6.45, 7) is 2.18. The third-order valence-electron chi connectivity index (χ3n) is 4.46. The minimum atomic E-state index is -0.243. The highest BCUT2D eigenvalue weighted by Gasteiger charge is 2.20. The van der Waals surface area contributed by atoms with Gasteiger partial charge in [0.1, 0.15) is 5.75 Å². The number of amides is 1. The molecule has 0 aliphatic heterocycles. The molecule has 0 saturated heterocycles. The van der Waals surface area contributed by atoms with Crippen LogP contribution in [0.15, 0.2) is 72.9 Å². The predicted octanol–water partition coefficient (Wildman–Crippen LogP) is 4.29. The third kappa shape index (κ3) is 4.82. The third-order valence-corrected chi connectivity index (χ3v) is 4.46. The van der Waals surface area contributed by atoms with Crippen LogP contribution in [-0.4, -0.2) is 21.8 Å². The van der Waals surface area contributed by atoms with E-state index in [4.69, 9.17) is 0 Å². The van der Waals surface area contributed by atoms with E-state index in [1.807, 2.05) is 31.2 Å². The summed E-state index contributed by atoms with van der Waals surface area (Å²) >= 11 is 0. The Bertz CT molecular complexity index is 953. The largest absolute Gasteiger partial charge is 0.506 e. The van der Waals surface area contributed by atoms with Crippen molar-refractivity contribution in [2.75, 3.05) is 4.90 Å². The molecule has 1 heterocycles. The topological polar surface area (TPSA) is 70.5 Å². The molecule has 0 bridgehead atoms. The number of nitrogens with zero attached hydrogens (tertiary/aromatic N) is 2. The molecule has 0 aliphatic rings. The molecular formula is C23H22N2O3. The Kier molecular flexibility index (Phi) is 6.17. The average molecular weight is 374 g/mol. The number of benzene rings is 2. The van der Waals surface area contributed by atoms with Crippen molar-refractivity contribution < 1.29 is 14.7 Å². The number of ketones is 1. The fourth-order valence-electron chi connectivity index (χ4n) is 2.89. The van der Waals surface area contributed by atoms with E-state index >= 15 is 0 Å². The van der Waals surface area contributed by atoms with Gasteiger partial charge < -0.3 is 10.0 Å². The second-order valence-corrected chi connectivity index (χ2v) is 6.58. The molecule has 1 N–H and O–H groups in total. The monoisotopic (exact) mass is 374 g/mol. The Labute approximate surface area is 164 Å². The van der Waals surface area contributed by atoms with Gasteiger partial charge in [-0.3, -0.25) is 14.6 Å². The van der Waals surface area contributed by atoms with Gasteiger partial charge >= 0.3 is 0 Å². The van der Waals surface area contributed by atoms with Gasteiger partial charge in [-0.15, -0.1) is 0 Å². The SMILES string of the molecule is Cc1ccc(C(=O)CCC(=O)N(Cc2ccccn2)c2ccccc2O)cc1. The number of Topliss-reactive ketones (excluding diaryl/α,β-unsaturated/α-hetero) is 1. The minimum Gasteiger partial charge on any atom is -0.506 e. The van der Waals surface area contributed by atoms with Gasteiger partial charge in [0.15, 0.2) is 5.78 Å². The zero-order valence-corrected chi connectivity index (χ0v) is 15.7. The summed E-state index contributed by atoms with van der Waals surface area (Å²) in [6, 6.07) is 19.4. The Morgan fingerprint density at radius 2 is 1.64 bits per heavy atom. The molecule has 0 fully saturated rings. The number of carbonyl (C=O) groups is 2. The number of aromatic nitrogens is 1. The number of anilines is 1. The van der Waals surface area contributed by atoms with E-state index in [1.54, 1.807) is 42.6 Å². The summed E-state index contributed by atoms with van der Waals surface area (Å²) in [7, 11) is 0. The maximum absolute atomic E-state index is 12.9. The van der Waals surface area contributed by atoms with Crippen LogP contribution < -0.4 is 4.90 Å².